The fourth-order valence-electron chi connectivity index (χ4n) is 3.62. The molecule has 1 aromatic heterocycles. The lowest BCUT2D eigenvalue weighted by Gasteiger charge is -2.38. The molecule has 132 valence electrons. The third-order valence-corrected chi connectivity index (χ3v) is 5.56. The second kappa shape index (κ2) is 7.30. The first-order chi connectivity index (χ1) is 12.2. The van der Waals surface area contributed by atoms with Crippen LogP contribution in [0.15, 0.2) is 36.5 Å². The summed E-state index contributed by atoms with van der Waals surface area (Å²) in [6.45, 7) is 3.21. The summed E-state index contributed by atoms with van der Waals surface area (Å²) in [5, 5.41) is 0.801. The molecule has 1 saturated heterocycles. The van der Waals surface area contributed by atoms with E-state index in [0.29, 0.717) is 12.0 Å². The van der Waals surface area contributed by atoms with Gasteiger partial charge in [0.05, 0.1) is 0 Å². The van der Waals surface area contributed by atoms with Crippen molar-refractivity contribution in [2.24, 2.45) is 0 Å². The first-order valence-electron chi connectivity index (χ1n) is 9.21. The summed E-state index contributed by atoms with van der Waals surface area (Å²) in [5.74, 6) is 2.69. The highest BCUT2D eigenvalue weighted by molar-refractivity contribution is 6.30. The minimum Gasteiger partial charge on any atom is -0.355 e. The number of likely N-dealkylation sites (tertiary alicyclic amines) is 1. The van der Waals surface area contributed by atoms with Crippen LogP contribution in [0.5, 0.6) is 0 Å². The van der Waals surface area contributed by atoms with E-state index < -0.39 is 0 Å². The van der Waals surface area contributed by atoms with E-state index in [2.05, 4.69) is 34.0 Å². The van der Waals surface area contributed by atoms with Crippen molar-refractivity contribution in [2.75, 3.05) is 25.0 Å². The van der Waals surface area contributed by atoms with Crippen molar-refractivity contribution in [2.45, 2.75) is 44.2 Å². The molecule has 1 atom stereocenters. The van der Waals surface area contributed by atoms with Crippen LogP contribution in [0.2, 0.25) is 5.02 Å². The van der Waals surface area contributed by atoms with Gasteiger partial charge < -0.3 is 4.90 Å². The highest BCUT2D eigenvalue weighted by Crippen LogP contribution is 2.38. The highest BCUT2D eigenvalue weighted by Gasteiger charge is 2.28. The molecule has 1 aliphatic heterocycles. The van der Waals surface area contributed by atoms with E-state index >= 15 is 0 Å². The molecule has 4 rings (SSSR count). The number of piperidine rings is 1. The van der Waals surface area contributed by atoms with Crippen molar-refractivity contribution in [3.05, 3.63) is 52.9 Å². The van der Waals surface area contributed by atoms with Crippen LogP contribution in [0.1, 0.15) is 43.0 Å². The third-order valence-electron chi connectivity index (χ3n) is 5.31. The molecule has 0 spiro atoms. The zero-order valence-corrected chi connectivity index (χ0v) is 15.5. The minimum atomic E-state index is 0.503. The second-order valence-corrected chi connectivity index (χ2v) is 7.75. The predicted molar refractivity (Wildman–Crippen MR) is 102 cm³/mol. The molecular formula is C20H25ClN4. The van der Waals surface area contributed by atoms with E-state index in [4.69, 9.17) is 16.6 Å². The van der Waals surface area contributed by atoms with Gasteiger partial charge in [-0.15, -0.1) is 0 Å². The molecule has 1 saturated carbocycles. The first-order valence-corrected chi connectivity index (χ1v) is 9.59. The fourth-order valence-corrected chi connectivity index (χ4v) is 3.75. The quantitative estimate of drug-likeness (QED) is 0.807. The number of hydrogen-bond donors (Lipinski definition) is 0. The maximum Gasteiger partial charge on any atom is 0.133 e. The van der Waals surface area contributed by atoms with E-state index in [-0.39, 0.29) is 0 Å². The summed E-state index contributed by atoms with van der Waals surface area (Å²) in [6.07, 6.45) is 6.84. The molecule has 5 heteroatoms. The molecular weight excluding hydrogens is 332 g/mol. The van der Waals surface area contributed by atoms with Crippen LogP contribution in [0.4, 0.5) is 5.82 Å². The third kappa shape index (κ3) is 4.13. The van der Waals surface area contributed by atoms with Crippen molar-refractivity contribution in [3.8, 4) is 0 Å². The summed E-state index contributed by atoms with van der Waals surface area (Å²) in [4.78, 5) is 14.1. The van der Waals surface area contributed by atoms with Gasteiger partial charge in [-0.05, 0) is 56.0 Å². The van der Waals surface area contributed by atoms with Gasteiger partial charge in [0, 0.05) is 43.3 Å². The molecule has 1 aliphatic carbocycles. The highest BCUT2D eigenvalue weighted by atomic mass is 35.5. The molecule has 2 heterocycles. The second-order valence-electron chi connectivity index (χ2n) is 7.32. The number of anilines is 1. The molecule has 2 aliphatic rings. The number of nitrogens with zero attached hydrogens (tertiary/aromatic N) is 4. The Labute approximate surface area is 154 Å². The summed E-state index contributed by atoms with van der Waals surface area (Å²) < 4.78 is 0. The Bertz CT molecular complexity index is 714. The molecule has 1 aromatic carbocycles. The van der Waals surface area contributed by atoms with E-state index in [9.17, 15) is 0 Å². The van der Waals surface area contributed by atoms with Gasteiger partial charge in [0.1, 0.15) is 11.6 Å². The van der Waals surface area contributed by atoms with Gasteiger partial charge in [-0.3, -0.25) is 4.90 Å². The molecule has 0 bridgehead atoms. The maximum absolute atomic E-state index is 5.99. The van der Waals surface area contributed by atoms with E-state index in [0.717, 1.165) is 36.3 Å². The Hall–Kier alpha value is -1.65. The molecule has 2 fully saturated rings. The van der Waals surface area contributed by atoms with Crippen molar-refractivity contribution in [3.63, 3.8) is 0 Å². The van der Waals surface area contributed by atoms with Gasteiger partial charge in [-0.25, -0.2) is 9.97 Å². The average Bonchev–Trinajstić information content (AvgIpc) is 3.49. The van der Waals surface area contributed by atoms with E-state index in [1.165, 1.54) is 31.2 Å². The molecule has 0 N–H and O–H groups in total. The number of aromatic nitrogens is 2. The van der Waals surface area contributed by atoms with Crippen LogP contribution >= 0.6 is 11.6 Å². The number of benzene rings is 1. The van der Waals surface area contributed by atoms with Gasteiger partial charge in [-0.2, -0.15) is 0 Å². The Morgan fingerprint density at radius 1 is 1.16 bits per heavy atom. The van der Waals surface area contributed by atoms with Crippen LogP contribution < -0.4 is 4.90 Å². The number of rotatable bonds is 5. The smallest absolute Gasteiger partial charge is 0.133 e. The van der Waals surface area contributed by atoms with Gasteiger partial charge in [-0.1, -0.05) is 23.7 Å². The summed E-state index contributed by atoms with van der Waals surface area (Å²) in [6, 6.07) is 10.8. The SMILES string of the molecule is CN(c1ccnc(C2CC2)n1)C1CCCN(Cc2ccc(Cl)cc2)C1. The van der Waals surface area contributed by atoms with E-state index in [1.54, 1.807) is 0 Å². The molecule has 1 unspecified atom stereocenters. The Balaban J connectivity index is 1.41. The van der Waals surface area contributed by atoms with Crippen molar-refractivity contribution < 1.29 is 0 Å². The molecule has 0 amide bonds. The normalized spacial score (nSPS) is 21.3. The topological polar surface area (TPSA) is 32.3 Å². The Kier molecular flexibility index (Phi) is 4.91. The van der Waals surface area contributed by atoms with Gasteiger partial charge in [0.2, 0.25) is 0 Å². The van der Waals surface area contributed by atoms with Crippen molar-refractivity contribution in [1.82, 2.24) is 14.9 Å². The van der Waals surface area contributed by atoms with Crippen LogP contribution in [-0.2, 0) is 6.54 Å². The lowest BCUT2D eigenvalue weighted by molar-refractivity contribution is 0.198. The largest absolute Gasteiger partial charge is 0.355 e. The Morgan fingerprint density at radius 3 is 2.72 bits per heavy atom. The first kappa shape index (κ1) is 16.8. The van der Waals surface area contributed by atoms with Crippen LogP contribution in [-0.4, -0.2) is 41.0 Å². The molecule has 0 radical (unpaired) electrons. The lowest BCUT2D eigenvalue weighted by atomic mass is 10.0. The van der Waals surface area contributed by atoms with Gasteiger partial charge in [0.25, 0.3) is 0 Å². The van der Waals surface area contributed by atoms with Gasteiger partial charge >= 0.3 is 0 Å². The fraction of sp³-hybridized carbons (Fsp3) is 0.500. The average molecular weight is 357 g/mol. The summed E-state index contributed by atoms with van der Waals surface area (Å²) in [5.41, 5.74) is 1.32. The van der Waals surface area contributed by atoms with Gasteiger partial charge in [0.15, 0.2) is 0 Å². The maximum atomic E-state index is 5.99. The van der Waals surface area contributed by atoms with Crippen LogP contribution in [0.3, 0.4) is 0 Å². The molecule has 25 heavy (non-hydrogen) atoms. The lowest BCUT2D eigenvalue weighted by Crippen LogP contribution is -2.46. The van der Waals surface area contributed by atoms with E-state index in [1.807, 2.05) is 24.4 Å². The van der Waals surface area contributed by atoms with Crippen LogP contribution in [0.25, 0.3) is 0 Å². The summed E-state index contributed by atoms with van der Waals surface area (Å²) >= 11 is 5.99. The summed E-state index contributed by atoms with van der Waals surface area (Å²) in [7, 11) is 2.18. The standard InChI is InChI=1S/C20H25ClN4/c1-24(19-10-11-22-20(23-19)16-6-7-16)18-3-2-12-25(14-18)13-15-4-8-17(21)9-5-15/h4-5,8-11,16,18H,2-3,6-7,12-14H2,1H3. The van der Waals surface area contributed by atoms with Crippen molar-refractivity contribution >= 4 is 17.4 Å². The predicted octanol–water partition coefficient (Wildman–Crippen LogP) is 4.11. The zero-order chi connectivity index (χ0) is 17.2. The number of halogens is 1. The number of likely N-dealkylation sites (N-methyl/N-ethyl adjacent to an activating group) is 1. The zero-order valence-electron chi connectivity index (χ0n) is 14.7. The monoisotopic (exact) mass is 356 g/mol. The van der Waals surface area contributed by atoms with Crippen molar-refractivity contribution in [1.29, 1.82) is 0 Å². The molecule has 2 aromatic rings. The molecule has 4 nitrogen and oxygen atoms in total. The number of hydrogen-bond acceptors (Lipinski definition) is 4. The van der Waals surface area contributed by atoms with Crippen LogP contribution in [0, 0.1) is 0 Å². The Morgan fingerprint density at radius 2 is 1.96 bits per heavy atom. The minimum absolute atomic E-state index is 0.503.